The van der Waals surface area contributed by atoms with E-state index in [1.807, 2.05) is 12.1 Å². The van der Waals surface area contributed by atoms with E-state index in [1.54, 1.807) is 24.4 Å². The number of nitrogens with two attached hydrogens (primary N) is 2. The first-order valence-electron chi connectivity index (χ1n) is 11.6. The topological polar surface area (TPSA) is 104 Å². The van der Waals surface area contributed by atoms with Crippen LogP contribution >= 0.6 is 0 Å². The van der Waals surface area contributed by atoms with Gasteiger partial charge in [0.25, 0.3) is 0 Å². The Hall–Kier alpha value is -3.70. The number of nitrogens with zero attached hydrogens (tertiary/aromatic N) is 2. The molecule has 1 fully saturated rings. The number of aromatic nitrogens is 1. The van der Waals surface area contributed by atoms with Crippen LogP contribution in [0.1, 0.15) is 38.7 Å². The van der Waals surface area contributed by atoms with Gasteiger partial charge in [0.2, 0.25) is 5.91 Å². The Morgan fingerprint density at radius 3 is 2.49 bits per heavy atom. The number of alkyl halides is 3. The maximum Gasteiger partial charge on any atom is 0.419 e. The molecule has 4 rings (SSSR count). The zero-order valence-corrected chi connectivity index (χ0v) is 19.8. The van der Waals surface area contributed by atoms with Crippen LogP contribution in [0.2, 0.25) is 0 Å². The third-order valence-corrected chi connectivity index (χ3v) is 6.21. The average Bonchev–Trinajstić information content (AvgIpc) is 2.87. The molecule has 1 atom stereocenters. The zero-order chi connectivity index (χ0) is 26.6. The van der Waals surface area contributed by atoms with Gasteiger partial charge in [-0.15, -0.1) is 0 Å². The van der Waals surface area contributed by atoms with Crippen molar-refractivity contribution in [2.45, 2.75) is 25.2 Å². The number of morpholine rings is 1. The maximum atomic E-state index is 13.9. The number of anilines is 1. The number of benzene rings is 2. The predicted molar refractivity (Wildman–Crippen MR) is 128 cm³/mol. The van der Waals surface area contributed by atoms with E-state index in [-0.39, 0.29) is 23.2 Å². The van der Waals surface area contributed by atoms with Gasteiger partial charge in [0, 0.05) is 36.5 Å². The van der Waals surface area contributed by atoms with Gasteiger partial charge in [0.1, 0.15) is 12.4 Å². The summed E-state index contributed by atoms with van der Waals surface area (Å²) in [6.45, 7) is 1.86. The summed E-state index contributed by atoms with van der Waals surface area (Å²) in [5.41, 5.74) is 11.7. The quantitative estimate of drug-likeness (QED) is 0.435. The van der Waals surface area contributed by atoms with Crippen LogP contribution in [0.5, 0.6) is 5.75 Å². The van der Waals surface area contributed by atoms with E-state index in [4.69, 9.17) is 20.9 Å². The smallest absolute Gasteiger partial charge is 0.419 e. The summed E-state index contributed by atoms with van der Waals surface area (Å²) >= 11 is 0. The molecule has 196 valence electrons. The molecule has 1 aliphatic heterocycles. The summed E-state index contributed by atoms with van der Waals surface area (Å²) < 4.78 is 65.2. The molecule has 3 aromatic rings. The number of nitrogen functional groups attached to an aromatic ring is 1. The van der Waals surface area contributed by atoms with Gasteiger partial charge in [-0.25, -0.2) is 9.37 Å². The highest BCUT2D eigenvalue weighted by molar-refractivity contribution is 5.92. The van der Waals surface area contributed by atoms with Gasteiger partial charge >= 0.3 is 6.18 Å². The highest BCUT2D eigenvalue weighted by atomic mass is 19.4. The van der Waals surface area contributed by atoms with Crippen molar-refractivity contribution in [1.29, 1.82) is 0 Å². The van der Waals surface area contributed by atoms with Crippen molar-refractivity contribution in [2.24, 2.45) is 5.73 Å². The number of hydrogen-bond acceptors (Lipinski definition) is 6. The van der Waals surface area contributed by atoms with E-state index < -0.39 is 30.1 Å². The van der Waals surface area contributed by atoms with Gasteiger partial charge in [0.15, 0.2) is 11.6 Å². The zero-order valence-electron chi connectivity index (χ0n) is 19.8. The first-order valence-corrected chi connectivity index (χ1v) is 11.6. The van der Waals surface area contributed by atoms with Gasteiger partial charge in [-0.2, -0.15) is 13.2 Å². The van der Waals surface area contributed by atoms with E-state index in [1.165, 1.54) is 6.07 Å². The summed E-state index contributed by atoms with van der Waals surface area (Å²) in [7, 11) is 0. The molecule has 7 nitrogen and oxygen atoms in total. The fourth-order valence-electron chi connectivity index (χ4n) is 4.31. The van der Waals surface area contributed by atoms with E-state index in [9.17, 15) is 22.4 Å². The normalized spacial score (nSPS) is 15.4. The van der Waals surface area contributed by atoms with Crippen molar-refractivity contribution < 1.29 is 31.8 Å². The van der Waals surface area contributed by atoms with E-state index in [2.05, 4.69) is 9.88 Å². The Morgan fingerprint density at radius 2 is 1.84 bits per heavy atom. The number of halogens is 4. The van der Waals surface area contributed by atoms with Crippen molar-refractivity contribution >= 4 is 11.7 Å². The Kier molecular flexibility index (Phi) is 7.94. The van der Waals surface area contributed by atoms with Crippen LogP contribution in [0, 0.1) is 5.82 Å². The molecular weight excluding hydrogens is 492 g/mol. The molecule has 0 bridgehead atoms. The number of carbonyl (C=O) groups is 1. The second-order valence-corrected chi connectivity index (χ2v) is 8.64. The third kappa shape index (κ3) is 6.36. The summed E-state index contributed by atoms with van der Waals surface area (Å²) in [4.78, 5) is 17.8. The lowest BCUT2D eigenvalue weighted by Gasteiger charge is -2.35. The monoisotopic (exact) mass is 518 g/mol. The number of rotatable bonds is 8. The predicted octanol–water partition coefficient (Wildman–Crippen LogP) is 4.12. The summed E-state index contributed by atoms with van der Waals surface area (Å²) in [5.74, 6) is -1.80. The molecule has 0 saturated carbocycles. The number of hydrogen-bond donors (Lipinski definition) is 2. The molecule has 1 aromatic heterocycles. The Morgan fingerprint density at radius 1 is 1.14 bits per heavy atom. The number of amides is 1. The second kappa shape index (κ2) is 11.1. The number of pyridine rings is 1. The van der Waals surface area contributed by atoms with E-state index >= 15 is 0 Å². The molecule has 0 spiro atoms. The molecule has 2 aromatic carbocycles. The van der Waals surface area contributed by atoms with Crippen molar-refractivity contribution in [1.82, 2.24) is 9.88 Å². The minimum atomic E-state index is -4.87. The van der Waals surface area contributed by atoms with Crippen LogP contribution < -0.4 is 16.2 Å². The standard InChI is InChI=1S/C26H26F4N4O3/c27-20-3-1-2-18(23(20)26(28,29)30)15-37-22-13-19(14-33-24(22)31)21(34-8-10-36-11-9-34)12-16-4-6-17(7-5-16)25(32)35/h1-7,13-14,21H,8-12,15H2,(H2,31,33)(H2,32,35). The molecule has 1 amide bonds. The van der Waals surface area contributed by atoms with E-state index in [0.717, 1.165) is 23.3 Å². The molecule has 1 aliphatic rings. The number of ether oxygens (including phenoxy) is 2. The molecular formula is C26H26F4N4O3. The Bertz CT molecular complexity index is 1250. The molecule has 1 unspecified atom stereocenters. The van der Waals surface area contributed by atoms with Gasteiger partial charge in [0.05, 0.1) is 18.8 Å². The van der Waals surface area contributed by atoms with Crippen LogP contribution in [-0.4, -0.2) is 42.1 Å². The largest absolute Gasteiger partial charge is 0.485 e. The summed E-state index contributed by atoms with van der Waals surface area (Å²) in [6, 6.07) is 11.5. The van der Waals surface area contributed by atoms with Crippen LogP contribution in [0.15, 0.2) is 54.7 Å². The van der Waals surface area contributed by atoms with Crippen molar-refractivity contribution in [3.05, 3.63) is 88.4 Å². The van der Waals surface area contributed by atoms with Crippen LogP contribution in [-0.2, 0) is 23.9 Å². The van der Waals surface area contributed by atoms with Gasteiger partial charge in [-0.1, -0.05) is 24.3 Å². The molecule has 0 aliphatic carbocycles. The lowest BCUT2D eigenvalue weighted by Crippen LogP contribution is -2.40. The molecule has 4 N–H and O–H groups in total. The minimum absolute atomic E-state index is 0.000232. The maximum absolute atomic E-state index is 13.9. The minimum Gasteiger partial charge on any atom is -0.485 e. The summed E-state index contributed by atoms with van der Waals surface area (Å²) in [6.07, 6.45) is -2.73. The molecule has 2 heterocycles. The Balaban J connectivity index is 1.61. The molecule has 1 saturated heterocycles. The van der Waals surface area contributed by atoms with Crippen LogP contribution in [0.4, 0.5) is 23.4 Å². The molecule has 37 heavy (non-hydrogen) atoms. The highest BCUT2D eigenvalue weighted by Crippen LogP contribution is 2.35. The third-order valence-electron chi connectivity index (χ3n) is 6.21. The lowest BCUT2D eigenvalue weighted by molar-refractivity contribution is -0.141. The van der Waals surface area contributed by atoms with Crippen LogP contribution in [0.25, 0.3) is 0 Å². The van der Waals surface area contributed by atoms with E-state index in [0.29, 0.717) is 38.3 Å². The fourth-order valence-corrected chi connectivity index (χ4v) is 4.31. The number of carbonyl (C=O) groups excluding carboxylic acids is 1. The van der Waals surface area contributed by atoms with Crippen molar-refractivity contribution in [2.75, 3.05) is 32.0 Å². The van der Waals surface area contributed by atoms with Crippen LogP contribution in [0.3, 0.4) is 0 Å². The summed E-state index contributed by atoms with van der Waals surface area (Å²) in [5, 5.41) is 0. The SMILES string of the molecule is NC(=O)c1ccc(CC(c2cnc(N)c(OCc3cccc(F)c3C(F)(F)F)c2)N2CCOCC2)cc1. The molecule has 11 heteroatoms. The number of primary amides is 1. The first kappa shape index (κ1) is 26.4. The average molecular weight is 519 g/mol. The highest BCUT2D eigenvalue weighted by Gasteiger charge is 2.37. The Labute approximate surface area is 211 Å². The first-order chi connectivity index (χ1) is 17.6. The van der Waals surface area contributed by atoms with Gasteiger partial charge in [-0.3, -0.25) is 9.69 Å². The van der Waals surface area contributed by atoms with Gasteiger partial charge < -0.3 is 20.9 Å². The molecule has 0 radical (unpaired) electrons. The van der Waals surface area contributed by atoms with Crippen molar-refractivity contribution in [3.63, 3.8) is 0 Å². The van der Waals surface area contributed by atoms with Crippen molar-refractivity contribution in [3.8, 4) is 5.75 Å². The fraction of sp³-hybridized carbons (Fsp3) is 0.308. The lowest BCUT2D eigenvalue weighted by atomic mass is 9.97. The van der Waals surface area contributed by atoms with Gasteiger partial charge in [-0.05, 0) is 41.8 Å². The second-order valence-electron chi connectivity index (χ2n) is 8.64.